The third-order valence-electron chi connectivity index (χ3n) is 6.19. The molecule has 5 rings (SSSR count). The first-order valence-electron chi connectivity index (χ1n) is 11.9. The van der Waals surface area contributed by atoms with E-state index in [-0.39, 0.29) is 17.4 Å². The van der Waals surface area contributed by atoms with Gasteiger partial charge in [-0.15, -0.1) is 0 Å². The Morgan fingerprint density at radius 3 is 2.41 bits per heavy atom. The number of hydrazone groups is 1. The molecule has 0 atom stereocenters. The van der Waals surface area contributed by atoms with Gasteiger partial charge in [0.05, 0.1) is 22.5 Å². The van der Waals surface area contributed by atoms with Crippen LogP contribution in [-0.4, -0.2) is 43.2 Å². The quantitative estimate of drug-likeness (QED) is 0.267. The van der Waals surface area contributed by atoms with Crippen LogP contribution in [0.5, 0.6) is 11.5 Å². The predicted molar refractivity (Wildman–Crippen MR) is 145 cm³/mol. The highest BCUT2D eigenvalue weighted by molar-refractivity contribution is 7.92. The van der Waals surface area contributed by atoms with Gasteiger partial charge in [-0.1, -0.05) is 36.4 Å². The number of nitrogens with one attached hydrogen (secondary N) is 1. The minimum Gasteiger partial charge on any atom is -0.454 e. The summed E-state index contributed by atoms with van der Waals surface area (Å²) in [6, 6.07) is 21.6. The number of benzene rings is 3. The Morgan fingerprint density at radius 2 is 1.69 bits per heavy atom. The molecule has 1 aromatic heterocycles. The van der Waals surface area contributed by atoms with Crippen LogP contribution in [0.3, 0.4) is 0 Å². The molecule has 0 radical (unpaired) electrons. The van der Waals surface area contributed by atoms with Crippen molar-refractivity contribution in [3.8, 4) is 17.2 Å². The lowest BCUT2D eigenvalue weighted by Gasteiger charge is -2.22. The van der Waals surface area contributed by atoms with Crippen molar-refractivity contribution >= 4 is 27.8 Å². The van der Waals surface area contributed by atoms with Gasteiger partial charge in [0.1, 0.15) is 12.2 Å². The Labute approximate surface area is 224 Å². The van der Waals surface area contributed by atoms with Gasteiger partial charge in [0, 0.05) is 7.05 Å². The van der Waals surface area contributed by atoms with Gasteiger partial charge in [0.2, 0.25) is 6.79 Å². The van der Waals surface area contributed by atoms with E-state index in [0.717, 1.165) is 4.31 Å². The Balaban J connectivity index is 1.48. The second-order valence-electron chi connectivity index (χ2n) is 8.64. The topological polar surface area (TPSA) is 124 Å². The van der Waals surface area contributed by atoms with Gasteiger partial charge in [-0.05, 0) is 55.0 Å². The molecule has 0 aliphatic carbocycles. The summed E-state index contributed by atoms with van der Waals surface area (Å²) in [6.45, 7) is 1.08. The molecule has 200 valence electrons. The second-order valence-corrected chi connectivity index (χ2v) is 10.5. The van der Waals surface area contributed by atoms with Crippen LogP contribution in [0.25, 0.3) is 5.69 Å². The van der Waals surface area contributed by atoms with Gasteiger partial charge in [0.15, 0.2) is 11.5 Å². The molecule has 1 N–H and O–H groups in total. The van der Waals surface area contributed by atoms with E-state index in [9.17, 15) is 18.0 Å². The lowest BCUT2D eigenvalue weighted by atomic mass is 10.2. The highest BCUT2D eigenvalue weighted by atomic mass is 32.2. The standard InChI is InChI=1S/C27H25N5O6S/c1-19-26(27(34)32(30(19)2)21-9-5-3-6-10-21)31(39(35,36)22-11-7-4-8-12-22)17-25(33)29-28-16-20-13-14-23-24(15-20)38-18-37-23/h3-16H,17-18H2,1-2H3,(H,29,33). The molecular formula is C27H25N5O6S. The van der Waals surface area contributed by atoms with Crippen LogP contribution in [0.15, 0.2) is 93.7 Å². The van der Waals surface area contributed by atoms with Crippen LogP contribution >= 0.6 is 0 Å². The van der Waals surface area contributed by atoms with E-state index in [2.05, 4.69) is 10.5 Å². The number of nitrogens with zero attached hydrogens (tertiary/aromatic N) is 4. The highest BCUT2D eigenvalue weighted by Crippen LogP contribution is 2.32. The van der Waals surface area contributed by atoms with E-state index in [1.807, 2.05) is 6.07 Å². The fourth-order valence-electron chi connectivity index (χ4n) is 4.18. The van der Waals surface area contributed by atoms with E-state index in [1.54, 1.807) is 79.3 Å². The number of rotatable bonds is 8. The van der Waals surface area contributed by atoms with Crippen molar-refractivity contribution in [3.05, 3.63) is 100 Å². The molecule has 0 bridgehead atoms. The largest absolute Gasteiger partial charge is 0.454 e. The summed E-state index contributed by atoms with van der Waals surface area (Å²) < 4.78 is 41.9. The first kappa shape index (κ1) is 25.8. The molecule has 0 saturated carbocycles. The van der Waals surface area contributed by atoms with Crippen molar-refractivity contribution in [2.75, 3.05) is 17.6 Å². The van der Waals surface area contributed by atoms with Crippen LogP contribution in [0.1, 0.15) is 11.3 Å². The number of anilines is 1. The molecular weight excluding hydrogens is 522 g/mol. The maximum absolute atomic E-state index is 13.8. The summed E-state index contributed by atoms with van der Waals surface area (Å²) in [5, 5.41) is 3.95. The summed E-state index contributed by atoms with van der Waals surface area (Å²) in [6.07, 6.45) is 1.39. The first-order valence-corrected chi connectivity index (χ1v) is 13.3. The SMILES string of the molecule is Cc1c(N(CC(=O)NN=Cc2ccc3c(c2)OCO3)S(=O)(=O)c2ccccc2)c(=O)n(-c2ccccc2)n1C. The number of carbonyl (C=O) groups excluding carboxylic acids is 1. The maximum Gasteiger partial charge on any atom is 0.296 e. The minimum atomic E-state index is -4.30. The Bertz CT molecular complexity index is 1710. The molecule has 3 aromatic carbocycles. The number of sulfonamides is 1. The smallest absolute Gasteiger partial charge is 0.296 e. The monoisotopic (exact) mass is 547 g/mol. The van der Waals surface area contributed by atoms with Crippen molar-refractivity contribution in [1.82, 2.24) is 14.8 Å². The number of hydrogen-bond acceptors (Lipinski definition) is 7. The molecule has 0 fully saturated rings. The normalized spacial score (nSPS) is 12.6. The van der Waals surface area contributed by atoms with Gasteiger partial charge >= 0.3 is 0 Å². The molecule has 0 unspecified atom stereocenters. The molecule has 2 heterocycles. The fourth-order valence-corrected chi connectivity index (χ4v) is 5.68. The van der Waals surface area contributed by atoms with Crippen molar-refractivity contribution in [2.24, 2.45) is 12.1 Å². The van der Waals surface area contributed by atoms with Crippen molar-refractivity contribution < 1.29 is 22.7 Å². The highest BCUT2D eigenvalue weighted by Gasteiger charge is 2.33. The van der Waals surface area contributed by atoms with Crippen molar-refractivity contribution in [3.63, 3.8) is 0 Å². The van der Waals surface area contributed by atoms with Gasteiger partial charge in [-0.2, -0.15) is 5.10 Å². The van der Waals surface area contributed by atoms with E-state index in [4.69, 9.17) is 9.47 Å². The number of hydrogen-bond donors (Lipinski definition) is 1. The Kier molecular flexibility index (Phi) is 6.94. The molecule has 0 spiro atoms. The van der Waals surface area contributed by atoms with Gasteiger partial charge < -0.3 is 9.47 Å². The van der Waals surface area contributed by atoms with Crippen LogP contribution in [0.4, 0.5) is 5.69 Å². The van der Waals surface area contributed by atoms with Crippen LogP contribution in [0.2, 0.25) is 0 Å². The minimum absolute atomic E-state index is 0.0597. The molecule has 1 amide bonds. The lowest BCUT2D eigenvalue weighted by molar-refractivity contribution is -0.119. The van der Waals surface area contributed by atoms with E-state index in [0.29, 0.717) is 28.4 Å². The first-order chi connectivity index (χ1) is 18.8. The number of amides is 1. The zero-order valence-corrected chi connectivity index (χ0v) is 22.0. The lowest BCUT2D eigenvalue weighted by Crippen LogP contribution is -2.42. The Hall–Kier alpha value is -4.84. The predicted octanol–water partition coefficient (Wildman–Crippen LogP) is 2.56. The Morgan fingerprint density at radius 1 is 1.03 bits per heavy atom. The number of aromatic nitrogens is 2. The number of para-hydroxylation sites is 1. The van der Waals surface area contributed by atoms with Crippen LogP contribution in [-0.2, 0) is 21.9 Å². The third kappa shape index (κ3) is 5.01. The molecule has 1 aliphatic rings. The average Bonchev–Trinajstić information content (AvgIpc) is 3.49. The summed E-state index contributed by atoms with van der Waals surface area (Å²) in [7, 11) is -2.65. The number of fused-ring (bicyclic) bond motifs is 1. The molecule has 12 heteroatoms. The summed E-state index contributed by atoms with van der Waals surface area (Å²) in [4.78, 5) is 26.6. The maximum atomic E-state index is 13.8. The van der Waals surface area contributed by atoms with Crippen molar-refractivity contribution in [2.45, 2.75) is 11.8 Å². The zero-order valence-electron chi connectivity index (χ0n) is 21.1. The number of carbonyl (C=O) groups is 1. The molecule has 11 nitrogen and oxygen atoms in total. The van der Waals surface area contributed by atoms with Crippen LogP contribution in [0, 0.1) is 6.92 Å². The van der Waals surface area contributed by atoms with Gasteiger partial charge in [-0.25, -0.2) is 22.8 Å². The number of ether oxygens (including phenoxy) is 2. The molecule has 39 heavy (non-hydrogen) atoms. The van der Waals surface area contributed by atoms with Crippen molar-refractivity contribution in [1.29, 1.82) is 0 Å². The molecule has 1 aliphatic heterocycles. The van der Waals surface area contributed by atoms with Crippen LogP contribution < -0.4 is 24.8 Å². The summed E-state index contributed by atoms with van der Waals surface area (Å²) in [5.41, 5.74) is 3.18. The van der Waals surface area contributed by atoms with Gasteiger partial charge in [-0.3, -0.25) is 14.3 Å². The molecule has 0 saturated heterocycles. The summed E-state index contributed by atoms with van der Waals surface area (Å²) in [5.74, 6) is 0.428. The van der Waals surface area contributed by atoms with Gasteiger partial charge in [0.25, 0.3) is 21.5 Å². The second kappa shape index (κ2) is 10.5. The third-order valence-corrected chi connectivity index (χ3v) is 7.95. The summed E-state index contributed by atoms with van der Waals surface area (Å²) >= 11 is 0. The van der Waals surface area contributed by atoms with E-state index >= 15 is 0 Å². The fraction of sp³-hybridized carbons (Fsp3) is 0.148. The van der Waals surface area contributed by atoms with E-state index in [1.165, 1.54) is 23.0 Å². The molecule has 4 aromatic rings. The average molecular weight is 548 g/mol. The zero-order chi connectivity index (χ0) is 27.6. The van der Waals surface area contributed by atoms with E-state index < -0.39 is 28.0 Å².